The van der Waals surface area contributed by atoms with Crippen LogP contribution in [0.15, 0.2) is 18.2 Å². The number of hydrogen-bond donors (Lipinski definition) is 2. The normalized spacial score (nSPS) is 14.9. The molecule has 0 aliphatic carbocycles. The number of ether oxygens (including phenoxy) is 4. The van der Waals surface area contributed by atoms with E-state index in [4.69, 9.17) is 18.9 Å². The van der Waals surface area contributed by atoms with E-state index in [2.05, 4.69) is 5.32 Å². The predicted molar refractivity (Wildman–Crippen MR) is 141 cm³/mol. The second kappa shape index (κ2) is 16.0. The smallest absolute Gasteiger partial charge is 0.477 e. The number of hydrogen-bond acceptors (Lipinski definition) is 9. The van der Waals surface area contributed by atoms with Gasteiger partial charge in [0.15, 0.2) is 11.5 Å². The molecule has 0 saturated heterocycles. The van der Waals surface area contributed by atoms with Crippen LogP contribution in [0.2, 0.25) is 0 Å². The van der Waals surface area contributed by atoms with Crippen molar-refractivity contribution in [2.24, 2.45) is 11.8 Å². The SMILES string of the molecule is CCCC(C)C(=O)Oc1ccc(C[C@](NC(C)CC)(OC(=O)OCC)C(=O)O)cc1OC(=O)C(C)CCC. The summed E-state index contributed by atoms with van der Waals surface area (Å²) in [7, 11) is 0. The van der Waals surface area contributed by atoms with E-state index in [1.807, 2.05) is 20.8 Å². The Balaban J connectivity index is 3.48. The van der Waals surface area contributed by atoms with Crippen molar-refractivity contribution >= 4 is 24.1 Å². The van der Waals surface area contributed by atoms with E-state index in [-0.39, 0.29) is 36.5 Å². The monoisotopic (exact) mass is 537 g/mol. The van der Waals surface area contributed by atoms with E-state index in [1.54, 1.807) is 27.7 Å². The van der Waals surface area contributed by atoms with Gasteiger partial charge in [-0.1, -0.05) is 53.5 Å². The van der Waals surface area contributed by atoms with Crippen molar-refractivity contribution in [3.63, 3.8) is 0 Å². The minimum Gasteiger partial charge on any atom is -0.477 e. The Kier molecular flexibility index (Phi) is 13.8. The van der Waals surface area contributed by atoms with Crippen LogP contribution in [0.3, 0.4) is 0 Å². The average Bonchev–Trinajstić information content (AvgIpc) is 2.85. The summed E-state index contributed by atoms with van der Waals surface area (Å²) in [4.78, 5) is 50.0. The van der Waals surface area contributed by atoms with Gasteiger partial charge in [-0.05, 0) is 50.8 Å². The number of benzene rings is 1. The zero-order valence-electron chi connectivity index (χ0n) is 23.6. The lowest BCUT2D eigenvalue weighted by Crippen LogP contribution is -2.59. The fourth-order valence-electron chi connectivity index (χ4n) is 3.72. The first-order valence-electron chi connectivity index (χ1n) is 13.4. The molecule has 1 rings (SSSR count). The van der Waals surface area contributed by atoms with Crippen LogP contribution in [-0.2, 0) is 30.3 Å². The van der Waals surface area contributed by atoms with Crippen molar-refractivity contribution in [1.82, 2.24) is 5.32 Å². The van der Waals surface area contributed by atoms with Gasteiger partial charge in [0, 0.05) is 12.5 Å². The van der Waals surface area contributed by atoms with Crippen molar-refractivity contribution in [3.8, 4) is 11.5 Å². The van der Waals surface area contributed by atoms with Gasteiger partial charge < -0.3 is 24.1 Å². The Bertz CT molecular complexity index is 948. The largest absolute Gasteiger partial charge is 0.510 e. The Hall–Kier alpha value is -3.14. The summed E-state index contributed by atoms with van der Waals surface area (Å²) in [6.45, 7) is 12.6. The molecule has 0 spiro atoms. The molecule has 10 heteroatoms. The van der Waals surface area contributed by atoms with E-state index < -0.39 is 35.7 Å². The van der Waals surface area contributed by atoms with Crippen LogP contribution < -0.4 is 14.8 Å². The summed E-state index contributed by atoms with van der Waals surface area (Å²) in [5.74, 6) is -3.14. The number of nitrogens with one attached hydrogen (secondary N) is 1. The van der Waals surface area contributed by atoms with Gasteiger partial charge >= 0.3 is 24.1 Å². The number of carboxylic acids is 1. The van der Waals surface area contributed by atoms with E-state index in [9.17, 15) is 24.3 Å². The Morgan fingerprint density at radius 3 is 1.92 bits per heavy atom. The van der Waals surface area contributed by atoms with E-state index >= 15 is 0 Å². The molecule has 1 aromatic carbocycles. The average molecular weight is 538 g/mol. The van der Waals surface area contributed by atoms with Crippen LogP contribution in [0.4, 0.5) is 4.79 Å². The van der Waals surface area contributed by atoms with Crippen LogP contribution in [0.5, 0.6) is 11.5 Å². The number of aliphatic carboxylic acids is 1. The van der Waals surface area contributed by atoms with Crippen LogP contribution in [0.1, 0.15) is 86.1 Å². The highest BCUT2D eigenvalue weighted by Gasteiger charge is 2.44. The van der Waals surface area contributed by atoms with E-state index in [0.29, 0.717) is 24.8 Å². The highest BCUT2D eigenvalue weighted by atomic mass is 16.7. The molecule has 2 N–H and O–H groups in total. The predicted octanol–water partition coefficient (Wildman–Crippen LogP) is 5.25. The lowest BCUT2D eigenvalue weighted by Gasteiger charge is -2.32. The van der Waals surface area contributed by atoms with Gasteiger partial charge in [0.2, 0.25) is 0 Å². The van der Waals surface area contributed by atoms with Gasteiger partial charge in [0.05, 0.1) is 18.4 Å². The van der Waals surface area contributed by atoms with Crippen LogP contribution >= 0.6 is 0 Å². The molecule has 0 aromatic heterocycles. The Labute approximate surface area is 225 Å². The van der Waals surface area contributed by atoms with Crippen molar-refractivity contribution in [1.29, 1.82) is 0 Å². The third kappa shape index (κ3) is 9.96. The molecule has 4 atom stereocenters. The third-order valence-corrected chi connectivity index (χ3v) is 6.09. The Morgan fingerprint density at radius 1 is 0.895 bits per heavy atom. The van der Waals surface area contributed by atoms with Gasteiger partial charge in [0.1, 0.15) is 0 Å². The molecule has 1 aromatic rings. The molecule has 3 unspecified atom stereocenters. The lowest BCUT2D eigenvalue weighted by atomic mass is 10.00. The molecule has 0 fully saturated rings. The maximum atomic E-state index is 12.7. The highest BCUT2D eigenvalue weighted by molar-refractivity contribution is 5.81. The maximum Gasteiger partial charge on any atom is 0.510 e. The zero-order chi connectivity index (χ0) is 28.9. The summed E-state index contributed by atoms with van der Waals surface area (Å²) in [5.41, 5.74) is -1.80. The second-order valence-corrected chi connectivity index (χ2v) is 9.55. The molecule has 0 heterocycles. The van der Waals surface area contributed by atoms with Crippen LogP contribution in [-0.4, -0.2) is 47.5 Å². The summed E-state index contributed by atoms with van der Waals surface area (Å²) in [5, 5.41) is 13.0. The zero-order valence-corrected chi connectivity index (χ0v) is 23.6. The molecule has 0 saturated carbocycles. The minimum atomic E-state index is -2.16. The number of carbonyl (C=O) groups excluding carboxylic acids is 3. The number of carbonyl (C=O) groups is 4. The summed E-state index contributed by atoms with van der Waals surface area (Å²) in [6, 6.07) is 4.07. The fraction of sp³-hybridized carbons (Fsp3) is 0.643. The molecular formula is C28H43NO9. The van der Waals surface area contributed by atoms with Crippen LogP contribution in [0.25, 0.3) is 0 Å². The van der Waals surface area contributed by atoms with Gasteiger partial charge in [-0.2, -0.15) is 0 Å². The van der Waals surface area contributed by atoms with Crippen molar-refractivity contribution in [2.75, 3.05) is 6.61 Å². The number of carboxylic acid groups (broad SMARTS) is 1. The molecule has 0 bridgehead atoms. The van der Waals surface area contributed by atoms with E-state index in [1.165, 1.54) is 18.2 Å². The fourth-order valence-corrected chi connectivity index (χ4v) is 3.72. The second-order valence-electron chi connectivity index (χ2n) is 9.55. The van der Waals surface area contributed by atoms with Crippen molar-refractivity contribution in [3.05, 3.63) is 23.8 Å². The Morgan fingerprint density at radius 2 is 1.45 bits per heavy atom. The van der Waals surface area contributed by atoms with E-state index in [0.717, 1.165) is 12.8 Å². The minimum absolute atomic E-state index is 0.00439. The van der Waals surface area contributed by atoms with Crippen molar-refractivity contribution < 1.29 is 43.2 Å². The molecule has 214 valence electrons. The molecular weight excluding hydrogens is 494 g/mol. The molecule has 0 radical (unpaired) electrons. The summed E-state index contributed by atoms with van der Waals surface area (Å²) in [6.07, 6.45) is 1.92. The molecule has 38 heavy (non-hydrogen) atoms. The summed E-state index contributed by atoms with van der Waals surface area (Å²) >= 11 is 0. The number of rotatable bonds is 16. The topological polar surface area (TPSA) is 137 Å². The van der Waals surface area contributed by atoms with Gasteiger partial charge in [0.25, 0.3) is 5.72 Å². The van der Waals surface area contributed by atoms with Crippen LogP contribution in [0, 0.1) is 11.8 Å². The molecule has 10 nitrogen and oxygen atoms in total. The van der Waals surface area contributed by atoms with Gasteiger partial charge in [-0.3, -0.25) is 14.9 Å². The molecule has 0 amide bonds. The maximum absolute atomic E-state index is 12.7. The lowest BCUT2D eigenvalue weighted by molar-refractivity contribution is -0.167. The van der Waals surface area contributed by atoms with Gasteiger partial charge in [-0.25, -0.2) is 9.59 Å². The van der Waals surface area contributed by atoms with Gasteiger partial charge in [-0.15, -0.1) is 0 Å². The number of esters is 2. The first kappa shape index (κ1) is 32.9. The quantitative estimate of drug-likeness (QED) is 0.163. The third-order valence-electron chi connectivity index (χ3n) is 6.09. The van der Waals surface area contributed by atoms with Crippen molar-refractivity contribution in [2.45, 2.75) is 98.8 Å². The summed E-state index contributed by atoms with van der Waals surface area (Å²) < 4.78 is 21.3. The molecule has 0 aliphatic heterocycles. The first-order chi connectivity index (χ1) is 17.9. The first-order valence-corrected chi connectivity index (χ1v) is 13.4. The standard InChI is InChI=1S/C28H43NO9/c1-8-12-18(5)24(30)36-22-15-14-21(16-23(22)37-25(31)19(6)13-9-2)17-28(26(32)33,29-20(7)10-3)38-27(34)35-11-4/h14-16,18-20,29H,8-13,17H2,1-7H3,(H,32,33)/t18?,19?,20?,28-/m0/s1. The molecule has 0 aliphatic rings. The highest BCUT2D eigenvalue weighted by Crippen LogP contribution is 2.32.